The number of piperidine rings is 1. The molecule has 1 fully saturated rings. The predicted octanol–water partition coefficient (Wildman–Crippen LogP) is 0.694. The maximum atomic E-state index is 11.7. The van der Waals surface area contributed by atoms with E-state index in [1.54, 1.807) is 19.0 Å². The van der Waals surface area contributed by atoms with Crippen LogP contribution in [-0.4, -0.2) is 68.1 Å². The van der Waals surface area contributed by atoms with Gasteiger partial charge in [-0.25, -0.2) is 4.79 Å². The van der Waals surface area contributed by atoms with Crippen molar-refractivity contribution in [2.24, 2.45) is 0 Å². The largest absolute Gasteiger partial charge is 0.331 e. The van der Waals surface area contributed by atoms with Crippen molar-refractivity contribution in [3.8, 4) is 0 Å². The molecule has 0 N–H and O–H groups in total. The van der Waals surface area contributed by atoms with Crippen molar-refractivity contribution in [3.05, 3.63) is 0 Å². The normalized spacial score (nSPS) is 23.3. The number of likely N-dealkylation sites (tertiary alicyclic amines) is 1. The molecule has 1 atom stereocenters. The molecule has 0 bridgehead atoms. The molecule has 1 rings (SSSR count). The van der Waals surface area contributed by atoms with E-state index in [1.165, 1.54) is 6.42 Å². The zero-order chi connectivity index (χ0) is 10.7. The second kappa shape index (κ2) is 4.64. The summed E-state index contributed by atoms with van der Waals surface area (Å²) in [6.07, 6.45) is 2.31. The molecular weight excluding hydrogens is 178 g/mol. The van der Waals surface area contributed by atoms with Gasteiger partial charge in [0, 0.05) is 33.7 Å². The number of urea groups is 1. The summed E-state index contributed by atoms with van der Waals surface area (Å²) in [7, 11) is 7.60. The van der Waals surface area contributed by atoms with Gasteiger partial charge in [0.25, 0.3) is 0 Å². The molecule has 1 aliphatic rings. The van der Waals surface area contributed by atoms with Gasteiger partial charge in [-0.1, -0.05) is 0 Å². The average Bonchev–Trinajstić information content (AvgIpc) is 2.15. The first-order chi connectivity index (χ1) is 6.52. The van der Waals surface area contributed by atoms with E-state index in [1.807, 2.05) is 11.9 Å². The van der Waals surface area contributed by atoms with E-state index in [0.29, 0.717) is 6.04 Å². The number of rotatable bonds is 1. The molecular formula is C10H21N3O. The quantitative estimate of drug-likeness (QED) is 0.621. The van der Waals surface area contributed by atoms with Crippen LogP contribution in [0.25, 0.3) is 0 Å². The Morgan fingerprint density at radius 3 is 2.50 bits per heavy atom. The van der Waals surface area contributed by atoms with E-state index in [4.69, 9.17) is 0 Å². The first-order valence-electron chi connectivity index (χ1n) is 5.15. The fourth-order valence-corrected chi connectivity index (χ4v) is 1.93. The summed E-state index contributed by atoms with van der Waals surface area (Å²) in [5, 5.41) is 0. The van der Waals surface area contributed by atoms with Gasteiger partial charge in [-0.3, -0.25) is 0 Å². The Labute approximate surface area is 86.5 Å². The smallest absolute Gasteiger partial charge is 0.319 e. The third-order valence-corrected chi connectivity index (χ3v) is 2.83. The number of likely N-dealkylation sites (N-methyl/N-ethyl adjacent to an activating group) is 2. The molecule has 0 aromatic rings. The van der Waals surface area contributed by atoms with Gasteiger partial charge in [0.15, 0.2) is 0 Å². The second-order valence-corrected chi connectivity index (χ2v) is 4.35. The number of carbonyl (C=O) groups is 1. The number of hydrogen-bond donors (Lipinski definition) is 0. The molecule has 4 nitrogen and oxygen atoms in total. The SMILES string of the molecule is CN1CCCC(N(C)C(=O)N(C)C)C1. The highest BCUT2D eigenvalue weighted by Crippen LogP contribution is 2.14. The molecule has 2 amide bonds. The molecule has 4 heteroatoms. The maximum absolute atomic E-state index is 11.7. The highest BCUT2D eigenvalue weighted by atomic mass is 16.2. The van der Waals surface area contributed by atoms with Crippen molar-refractivity contribution in [2.45, 2.75) is 18.9 Å². The number of hydrogen-bond acceptors (Lipinski definition) is 2. The third-order valence-electron chi connectivity index (χ3n) is 2.83. The molecule has 0 aliphatic carbocycles. The molecule has 0 aromatic carbocycles. The Bertz CT molecular complexity index is 206. The summed E-state index contributed by atoms with van der Waals surface area (Å²) in [5.41, 5.74) is 0. The lowest BCUT2D eigenvalue weighted by Crippen LogP contribution is -2.50. The highest BCUT2D eigenvalue weighted by molar-refractivity contribution is 5.73. The molecule has 0 aromatic heterocycles. The van der Waals surface area contributed by atoms with Gasteiger partial charge < -0.3 is 14.7 Å². The third kappa shape index (κ3) is 2.61. The Hall–Kier alpha value is -0.770. The van der Waals surface area contributed by atoms with Gasteiger partial charge >= 0.3 is 6.03 Å². The van der Waals surface area contributed by atoms with E-state index in [0.717, 1.165) is 19.5 Å². The minimum atomic E-state index is 0.102. The molecule has 1 saturated heterocycles. The van der Waals surface area contributed by atoms with E-state index >= 15 is 0 Å². The van der Waals surface area contributed by atoms with E-state index in [-0.39, 0.29) is 6.03 Å². The number of nitrogens with zero attached hydrogens (tertiary/aromatic N) is 3. The van der Waals surface area contributed by atoms with Gasteiger partial charge in [0.05, 0.1) is 0 Å². The van der Waals surface area contributed by atoms with Crippen LogP contribution >= 0.6 is 0 Å². The van der Waals surface area contributed by atoms with Gasteiger partial charge in [0.2, 0.25) is 0 Å². The van der Waals surface area contributed by atoms with Crippen LogP contribution in [0.4, 0.5) is 4.79 Å². The fourth-order valence-electron chi connectivity index (χ4n) is 1.93. The fraction of sp³-hybridized carbons (Fsp3) is 0.900. The first-order valence-corrected chi connectivity index (χ1v) is 5.15. The van der Waals surface area contributed by atoms with Crippen LogP contribution in [0, 0.1) is 0 Å². The maximum Gasteiger partial charge on any atom is 0.319 e. The van der Waals surface area contributed by atoms with Crippen LogP contribution < -0.4 is 0 Å². The minimum Gasteiger partial charge on any atom is -0.331 e. The van der Waals surface area contributed by atoms with Crippen LogP contribution in [0.15, 0.2) is 0 Å². The van der Waals surface area contributed by atoms with E-state index < -0.39 is 0 Å². The average molecular weight is 199 g/mol. The van der Waals surface area contributed by atoms with Gasteiger partial charge in [-0.05, 0) is 26.4 Å². The van der Waals surface area contributed by atoms with Crippen LogP contribution in [0.1, 0.15) is 12.8 Å². The Morgan fingerprint density at radius 1 is 1.36 bits per heavy atom. The Balaban J connectivity index is 2.51. The van der Waals surface area contributed by atoms with Crippen molar-refractivity contribution in [1.82, 2.24) is 14.7 Å². The van der Waals surface area contributed by atoms with Crippen molar-refractivity contribution in [1.29, 1.82) is 0 Å². The summed E-state index contributed by atoms with van der Waals surface area (Å²) < 4.78 is 0. The highest BCUT2D eigenvalue weighted by Gasteiger charge is 2.24. The van der Waals surface area contributed by atoms with Crippen LogP contribution in [0.2, 0.25) is 0 Å². The zero-order valence-corrected chi connectivity index (χ0v) is 9.66. The molecule has 82 valence electrons. The summed E-state index contributed by atoms with van der Waals surface area (Å²) in [6.45, 7) is 2.15. The summed E-state index contributed by atoms with van der Waals surface area (Å²) in [5.74, 6) is 0. The van der Waals surface area contributed by atoms with Crippen molar-refractivity contribution >= 4 is 6.03 Å². The van der Waals surface area contributed by atoms with E-state index in [2.05, 4.69) is 11.9 Å². The topological polar surface area (TPSA) is 26.8 Å². The van der Waals surface area contributed by atoms with Crippen molar-refractivity contribution in [3.63, 3.8) is 0 Å². The lowest BCUT2D eigenvalue weighted by Gasteiger charge is -2.36. The minimum absolute atomic E-state index is 0.102. The second-order valence-electron chi connectivity index (χ2n) is 4.35. The Morgan fingerprint density at radius 2 is 2.00 bits per heavy atom. The lowest BCUT2D eigenvalue weighted by atomic mass is 10.1. The number of carbonyl (C=O) groups excluding carboxylic acids is 1. The van der Waals surface area contributed by atoms with E-state index in [9.17, 15) is 4.79 Å². The zero-order valence-electron chi connectivity index (χ0n) is 9.66. The molecule has 1 aliphatic heterocycles. The molecule has 1 heterocycles. The van der Waals surface area contributed by atoms with Gasteiger partial charge in [-0.15, -0.1) is 0 Å². The molecule has 0 radical (unpaired) electrons. The molecule has 0 spiro atoms. The number of amides is 2. The van der Waals surface area contributed by atoms with Crippen LogP contribution in [0.3, 0.4) is 0 Å². The van der Waals surface area contributed by atoms with Gasteiger partial charge in [0.1, 0.15) is 0 Å². The standard InChI is InChI=1S/C10H21N3O/c1-11(2)10(14)13(4)9-6-5-7-12(3)8-9/h9H,5-8H2,1-4H3. The molecule has 1 unspecified atom stereocenters. The summed E-state index contributed by atoms with van der Waals surface area (Å²) >= 11 is 0. The van der Waals surface area contributed by atoms with Crippen LogP contribution in [0.5, 0.6) is 0 Å². The van der Waals surface area contributed by atoms with Crippen molar-refractivity contribution in [2.75, 3.05) is 41.3 Å². The van der Waals surface area contributed by atoms with Crippen LogP contribution in [-0.2, 0) is 0 Å². The summed E-state index contributed by atoms with van der Waals surface area (Å²) in [6, 6.07) is 0.481. The lowest BCUT2D eigenvalue weighted by molar-refractivity contribution is 0.125. The van der Waals surface area contributed by atoms with Gasteiger partial charge in [-0.2, -0.15) is 0 Å². The molecule has 0 saturated carbocycles. The first kappa shape index (κ1) is 11.3. The Kier molecular flexibility index (Phi) is 3.75. The van der Waals surface area contributed by atoms with Crippen molar-refractivity contribution < 1.29 is 4.79 Å². The predicted molar refractivity (Wildman–Crippen MR) is 57.4 cm³/mol. The molecule has 14 heavy (non-hydrogen) atoms. The summed E-state index contributed by atoms with van der Waals surface area (Å²) in [4.78, 5) is 17.5. The monoisotopic (exact) mass is 199 g/mol.